The Morgan fingerprint density at radius 2 is 1.23 bits per heavy atom. The summed E-state index contributed by atoms with van der Waals surface area (Å²) >= 11 is 0. The molecule has 0 amide bonds. The maximum absolute atomic E-state index is 6.82. The Hall–Kier alpha value is -1.57. The van der Waals surface area contributed by atoms with Crippen molar-refractivity contribution in [3.05, 3.63) is 57.6 Å². The van der Waals surface area contributed by atoms with Gasteiger partial charge in [-0.3, -0.25) is 4.52 Å². The minimum absolute atomic E-state index is 0.0338. The first-order valence-electron chi connectivity index (χ1n) is 15.7. The zero-order valence-corrected chi connectivity index (χ0v) is 28.6. The molecular formula is C36H57O3P. The fraction of sp³-hybridized carbons (Fsp3) is 0.667. The molecule has 0 fully saturated rings. The molecule has 3 rings (SSSR count). The molecule has 0 radical (unpaired) electrons. The van der Waals surface area contributed by atoms with Crippen LogP contribution >= 0.6 is 8.60 Å². The van der Waals surface area contributed by atoms with Crippen LogP contribution in [0.5, 0.6) is 11.5 Å². The molecule has 0 saturated carbocycles. The van der Waals surface area contributed by atoms with Gasteiger partial charge in [0, 0.05) is 12.0 Å². The van der Waals surface area contributed by atoms with Crippen molar-refractivity contribution in [2.24, 2.45) is 0 Å². The predicted octanol–water partition coefficient (Wildman–Crippen LogP) is 11.7. The van der Waals surface area contributed by atoms with Crippen LogP contribution in [0, 0.1) is 0 Å². The van der Waals surface area contributed by atoms with E-state index >= 15 is 0 Å². The van der Waals surface area contributed by atoms with Gasteiger partial charge in [-0.1, -0.05) is 139 Å². The molecule has 4 heteroatoms. The first kappa shape index (κ1) is 32.9. The molecule has 1 heterocycles. The minimum atomic E-state index is -1.60. The lowest BCUT2D eigenvalue weighted by atomic mass is 9.77. The van der Waals surface area contributed by atoms with Crippen molar-refractivity contribution in [3.8, 4) is 11.5 Å². The Labute approximate surface area is 247 Å². The molecule has 0 aliphatic carbocycles. The molecule has 1 unspecified atom stereocenters. The lowest BCUT2D eigenvalue weighted by Gasteiger charge is -2.33. The summed E-state index contributed by atoms with van der Waals surface area (Å²) in [5.41, 5.74) is 7.64. The Morgan fingerprint density at radius 1 is 0.700 bits per heavy atom. The summed E-state index contributed by atoms with van der Waals surface area (Å²) in [5, 5.41) is 0. The van der Waals surface area contributed by atoms with E-state index in [1.54, 1.807) is 0 Å². The summed E-state index contributed by atoms with van der Waals surface area (Å²) < 4.78 is 20.1. The second-order valence-electron chi connectivity index (χ2n) is 15.2. The molecule has 40 heavy (non-hydrogen) atoms. The van der Waals surface area contributed by atoms with Crippen LogP contribution in [0.15, 0.2) is 24.3 Å². The predicted molar refractivity (Wildman–Crippen MR) is 173 cm³/mol. The van der Waals surface area contributed by atoms with Gasteiger partial charge in [0.25, 0.3) is 0 Å². The zero-order valence-electron chi connectivity index (χ0n) is 27.7. The molecule has 2 aromatic rings. The number of hydrogen-bond acceptors (Lipinski definition) is 3. The highest BCUT2D eigenvalue weighted by Gasteiger charge is 2.33. The molecule has 1 aliphatic rings. The second kappa shape index (κ2) is 13.2. The van der Waals surface area contributed by atoms with Gasteiger partial charge in [0.2, 0.25) is 0 Å². The van der Waals surface area contributed by atoms with Crippen LogP contribution in [0.2, 0.25) is 0 Å². The van der Waals surface area contributed by atoms with E-state index in [0.29, 0.717) is 12.5 Å². The van der Waals surface area contributed by atoms with Gasteiger partial charge >= 0.3 is 8.60 Å². The van der Waals surface area contributed by atoms with E-state index in [0.717, 1.165) is 24.3 Å². The number of rotatable bonds is 9. The Kier molecular flexibility index (Phi) is 10.8. The first-order chi connectivity index (χ1) is 18.5. The molecular weight excluding hydrogens is 511 g/mol. The molecule has 0 spiro atoms. The van der Waals surface area contributed by atoms with Crippen molar-refractivity contribution in [3.63, 3.8) is 0 Å². The van der Waals surface area contributed by atoms with E-state index in [-0.39, 0.29) is 16.2 Å². The van der Waals surface area contributed by atoms with Crippen LogP contribution in [0.3, 0.4) is 0 Å². The molecule has 3 nitrogen and oxygen atoms in total. The fourth-order valence-corrected chi connectivity index (χ4v) is 6.34. The largest absolute Gasteiger partial charge is 0.463 e. The van der Waals surface area contributed by atoms with Gasteiger partial charge in [-0.2, -0.15) is 0 Å². The maximum atomic E-state index is 6.82. The third kappa shape index (κ3) is 8.48. The molecule has 1 atom stereocenters. The molecule has 0 aromatic heterocycles. The molecule has 224 valence electrons. The lowest BCUT2D eigenvalue weighted by Crippen LogP contribution is -2.20. The van der Waals surface area contributed by atoms with Gasteiger partial charge in [-0.15, -0.1) is 0 Å². The number of fused-ring (bicyclic) bond motifs is 2. The highest BCUT2D eigenvalue weighted by Crippen LogP contribution is 2.52. The Balaban J connectivity index is 2.14. The smallest absolute Gasteiger partial charge is 0.417 e. The summed E-state index contributed by atoms with van der Waals surface area (Å²) in [6.07, 6.45) is 8.15. The number of hydrogen-bond donors (Lipinski definition) is 0. The van der Waals surface area contributed by atoms with Gasteiger partial charge in [-0.25, -0.2) is 0 Å². The van der Waals surface area contributed by atoms with Crippen LogP contribution in [0.4, 0.5) is 0 Å². The Bertz CT molecular complexity index is 1130. The van der Waals surface area contributed by atoms with E-state index in [4.69, 9.17) is 13.6 Å². The average molecular weight is 569 g/mol. The van der Waals surface area contributed by atoms with E-state index < -0.39 is 8.60 Å². The second-order valence-corrected chi connectivity index (χ2v) is 16.2. The van der Waals surface area contributed by atoms with E-state index in [1.165, 1.54) is 65.5 Å². The molecule has 0 N–H and O–H groups in total. The van der Waals surface area contributed by atoms with Crippen LogP contribution < -0.4 is 9.05 Å². The van der Waals surface area contributed by atoms with E-state index in [2.05, 4.69) is 107 Å². The summed E-state index contributed by atoms with van der Waals surface area (Å²) in [6.45, 7) is 28.1. The lowest BCUT2D eigenvalue weighted by molar-refractivity contribution is 0.254. The number of benzene rings is 2. The topological polar surface area (TPSA) is 27.7 Å². The van der Waals surface area contributed by atoms with Crippen LogP contribution in [-0.2, 0) is 27.2 Å². The number of unbranched alkanes of at least 4 members (excludes halogenated alkanes) is 5. The normalized spacial score (nSPS) is 16.1. The van der Waals surface area contributed by atoms with E-state index in [9.17, 15) is 0 Å². The maximum Gasteiger partial charge on any atom is 0.463 e. The van der Waals surface area contributed by atoms with Crippen molar-refractivity contribution in [2.75, 3.05) is 6.61 Å². The molecule has 0 bridgehead atoms. The van der Waals surface area contributed by atoms with Crippen molar-refractivity contribution >= 4 is 8.60 Å². The molecule has 0 saturated heterocycles. The zero-order chi connectivity index (χ0) is 29.9. The quantitative estimate of drug-likeness (QED) is 0.222. The minimum Gasteiger partial charge on any atom is -0.417 e. The van der Waals surface area contributed by atoms with Crippen molar-refractivity contribution in [1.82, 2.24) is 0 Å². The molecule has 2 aromatic carbocycles. The monoisotopic (exact) mass is 568 g/mol. The van der Waals surface area contributed by atoms with Crippen molar-refractivity contribution in [2.45, 2.75) is 150 Å². The fourth-order valence-electron chi connectivity index (χ4n) is 5.18. The van der Waals surface area contributed by atoms with Crippen LogP contribution in [-0.4, -0.2) is 6.61 Å². The van der Waals surface area contributed by atoms with Crippen LogP contribution in [0.1, 0.15) is 161 Å². The van der Waals surface area contributed by atoms with Gasteiger partial charge in [0.1, 0.15) is 11.5 Å². The SMILES string of the molecule is CCCCCCCCOP1Oc2c(cc(C(C)(C)C)cc2C(C)C)Cc2cc(C(C)(C)C)cc(C(C)(C)C)c2O1. The van der Waals surface area contributed by atoms with E-state index in [1.807, 2.05) is 0 Å². The summed E-state index contributed by atoms with van der Waals surface area (Å²) in [6, 6.07) is 9.45. The summed E-state index contributed by atoms with van der Waals surface area (Å²) in [4.78, 5) is 0. The Morgan fingerprint density at radius 3 is 1.77 bits per heavy atom. The highest BCUT2D eigenvalue weighted by molar-refractivity contribution is 7.42. The summed E-state index contributed by atoms with van der Waals surface area (Å²) in [5.74, 6) is 2.24. The van der Waals surface area contributed by atoms with Gasteiger partial charge < -0.3 is 9.05 Å². The van der Waals surface area contributed by atoms with Gasteiger partial charge in [0.15, 0.2) is 0 Å². The standard InChI is InChI=1S/C36H57O3P/c1-13-14-15-16-17-18-19-37-40-38-32-26(21-28(34(4,5)6)23-30(32)25(2)3)20-27-22-29(35(7,8)9)24-31(33(27)39-40)36(10,11)12/h21-25H,13-20H2,1-12H3. The highest BCUT2D eigenvalue weighted by atomic mass is 31.2. The van der Waals surface area contributed by atoms with Crippen LogP contribution in [0.25, 0.3) is 0 Å². The summed E-state index contributed by atoms with van der Waals surface area (Å²) in [7, 11) is -1.60. The average Bonchev–Trinajstić information content (AvgIpc) is 2.81. The molecule has 1 aliphatic heterocycles. The van der Waals surface area contributed by atoms with Gasteiger partial charge in [-0.05, 0) is 56.4 Å². The van der Waals surface area contributed by atoms with Crippen molar-refractivity contribution in [1.29, 1.82) is 0 Å². The van der Waals surface area contributed by atoms with Gasteiger partial charge in [0.05, 0.1) is 6.61 Å². The third-order valence-corrected chi connectivity index (χ3v) is 8.99. The first-order valence-corrected chi connectivity index (χ1v) is 16.8. The van der Waals surface area contributed by atoms with Crippen molar-refractivity contribution < 1.29 is 13.6 Å². The third-order valence-electron chi connectivity index (χ3n) is 7.93.